The highest BCUT2D eigenvalue weighted by Crippen LogP contribution is 2.28. The molecule has 1 N–H and O–H groups in total. The van der Waals surface area contributed by atoms with Crippen LogP contribution in [0.4, 0.5) is 5.13 Å². The predicted molar refractivity (Wildman–Crippen MR) is 119 cm³/mol. The third kappa shape index (κ3) is 4.94. The van der Waals surface area contributed by atoms with Crippen LogP contribution in [0.2, 0.25) is 0 Å². The van der Waals surface area contributed by atoms with Crippen molar-refractivity contribution in [3.63, 3.8) is 0 Å². The van der Waals surface area contributed by atoms with Crippen molar-refractivity contribution < 1.29 is 13.2 Å². The number of carbonyl (C=O) groups excluding carboxylic acids is 1. The van der Waals surface area contributed by atoms with E-state index in [4.69, 9.17) is 0 Å². The lowest BCUT2D eigenvalue weighted by Crippen LogP contribution is -2.35. The van der Waals surface area contributed by atoms with Crippen LogP contribution < -0.4 is 5.32 Å². The number of piperidine rings is 1. The molecule has 0 unspecified atom stereocenters. The Kier molecular flexibility index (Phi) is 6.57. The van der Waals surface area contributed by atoms with E-state index in [0.29, 0.717) is 29.5 Å². The minimum absolute atomic E-state index is 0.145. The van der Waals surface area contributed by atoms with Gasteiger partial charge in [-0.15, -0.1) is 10.2 Å². The van der Waals surface area contributed by atoms with Gasteiger partial charge in [0.25, 0.3) is 0 Å². The number of sulfonamides is 1. The lowest BCUT2D eigenvalue weighted by Gasteiger charge is -2.25. The summed E-state index contributed by atoms with van der Waals surface area (Å²) in [5, 5.41) is 16.1. The molecule has 3 aromatic rings. The van der Waals surface area contributed by atoms with Crippen LogP contribution in [0.3, 0.4) is 0 Å². The molecular formula is C20H22N4O3S3. The number of hydrogen-bond donors (Lipinski definition) is 1. The molecule has 1 amide bonds. The van der Waals surface area contributed by atoms with Crippen molar-refractivity contribution in [3.8, 4) is 10.6 Å². The van der Waals surface area contributed by atoms with Crippen LogP contribution in [0.25, 0.3) is 10.6 Å². The molecule has 1 saturated heterocycles. The molecule has 10 heteroatoms. The average Bonchev–Trinajstić information content (AvgIpc) is 3.45. The van der Waals surface area contributed by atoms with Gasteiger partial charge >= 0.3 is 0 Å². The van der Waals surface area contributed by atoms with Crippen LogP contribution in [0.15, 0.2) is 46.0 Å². The Hall–Kier alpha value is -2.14. The van der Waals surface area contributed by atoms with Crippen LogP contribution in [0.5, 0.6) is 0 Å². The highest BCUT2D eigenvalue weighted by molar-refractivity contribution is 7.89. The summed E-state index contributed by atoms with van der Waals surface area (Å²) in [6, 6.07) is 8.80. The van der Waals surface area contributed by atoms with Gasteiger partial charge in [0, 0.05) is 30.5 Å². The van der Waals surface area contributed by atoms with Gasteiger partial charge in [-0.25, -0.2) is 8.42 Å². The monoisotopic (exact) mass is 462 g/mol. The quantitative estimate of drug-likeness (QED) is 0.573. The Morgan fingerprint density at radius 1 is 1.07 bits per heavy atom. The second-order valence-electron chi connectivity index (χ2n) is 7.08. The Morgan fingerprint density at radius 3 is 2.53 bits per heavy atom. The summed E-state index contributed by atoms with van der Waals surface area (Å²) in [5.74, 6) is -0.145. The van der Waals surface area contributed by atoms with E-state index in [9.17, 15) is 13.2 Å². The summed E-state index contributed by atoms with van der Waals surface area (Å²) in [6.07, 6.45) is 3.71. The Balaban J connectivity index is 1.31. The second kappa shape index (κ2) is 9.34. The summed E-state index contributed by atoms with van der Waals surface area (Å²) in [7, 11) is -3.43. The average molecular weight is 463 g/mol. The molecule has 7 nitrogen and oxygen atoms in total. The fourth-order valence-electron chi connectivity index (χ4n) is 3.30. The fourth-order valence-corrected chi connectivity index (χ4v) is 6.29. The van der Waals surface area contributed by atoms with E-state index >= 15 is 0 Å². The summed E-state index contributed by atoms with van der Waals surface area (Å²) in [6.45, 7) is 1.17. The molecular weight excluding hydrogens is 440 g/mol. The van der Waals surface area contributed by atoms with Gasteiger partial charge in [0.05, 0.1) is 4.90 Å². The number of anilines is 1. The molecule has 0 radical (unpaired) electrons. The minimum atomic E-state index is -3.43. The van der Waals surface area contributed by atoms with Crippen molar-refractivity contribution in [2.45, 2.75) is 37.0 Å². The first-order chi connectivity index (χ1) is 14.5. The number of hydrogen-bond acceptors (Lipinski definition) is 7. The molecule has 4 rings (SSSR count). The minimum Gasteiger partial charge on any atom is -0.301 e. The SMILES string of the molecule is O=C(CCc1ccc(S(=O)(=O)N2CCCCC2)cc1)Nc1nnc(-c2ccsc2)s1. The Morgan fingerprint density at radius 2 is 1.83 bits per heavy atom. The van der Waals surface area contributed by atoms with Crippen LogP contribution in [-0.2, 0) is 21.2 Å². The molecule has 0 bridgehead atoms. The number of nitrogens with one attached hydrogen (secondary N) is 1. The third-order valence-electron chi connectivity index (χ3n) is 4.96. The molecule has 1 aliphatic rings. The molecule has 0 saturated carbocycles. The van der Waals surface area contributed by atoms with E-state index in [-0.39, 0.29) is 12.3 Å². The van der Waals surface area contributed by atoms with E-state index in [1.54, 1.807) is 39.9 Å². The van der Waals surface area contributed by atoms with Gasteiger partial charge in [-0.2, -0.15) is 15.6 Å². The van der Waals surface area contributed by atoms with Crippen LogP contribution in [-0.4, -0.2) is 41.9 Å². The van der Waals surface area contributed by atoms with Crippen molar-refractivity contribution in [3.05, 3.63) is 46.7 Å². The van der Waals surface area contributed by atoms with E-state index in [0.717, 1.165) is 35.4 Å². The zero-order valence-corrected chi connectivity index (χ0v) is 18.7. The predicted octanol–water partition coefficient (Wildman–Crippen LogP) is 4.01. The zero-order chi connectivity index (χ0) is 21.0. The standard InChI is InChI=1S/C20H22N4O3S3/c25-18(21-20-23-22-19(29-20)16-10-13-28-14-16)9-6-15-4-7-17(8-5-15)30(26,27)24-11-2-1-3-12-24/h4-5,7-8,10,13-14H,1-3,6,9,11-12H2,(H,21,23,25). The first kappa shape index (κ1) is 21.1. The van der Waals surface area contributed by atoms with Gasteiger partial charge in [-0.1, -0.05) is 29.9 Å². The molecule has 3 heterocycles. The number of thiophene rings is 1. The molecule has 158 valence electrons. The molecule has 0 spiro atoms. The van der Waals surface area contributed by atoms with E-state index in [2.05, 4.69) is 15.5 Å². The van der Waals surface area contributed by atoms with Crippen molar-refractivity contribution in [1.29, 1.82) is 0 Å². The molecule has 1 aliphatic heterocycles. The van der Waals surface area contributed by atoms with Gasteiger partial charge < -0.3 is 5.32 Å². The highest BCUT2D eigenvalue weighted by Gasteiger charge is 2.25. The lowest BCUT2D eigenvalue weighted by molar-refractivity contribution is -0.116. The summed E-state index contributed by atoms with van der Waals surface area (Å²) in [5.41, 5.74) is 1.91. The number of benzene rings is 1. The Bertz CT molecular complexity index is 1090. The van der Waals surface area contributed by atoms with Crippen molar-refractivity contribution in [1.82, 2.24) is 14.5 Å². The van der Waals surface area contributed by atoms with Crippen LogP contribution >= 0.6 is 22.7 Å². The fraction of sp³-hybridized carbons (Fsp3) is 0.350. The van der Waals surface area contributed by atoms with E-state index in [1.165, 1.54) is 11.3 Å². The van der Waals surface area contributed by atoms with Gasteiger partial charge in [0.2, 0.25) is 21.1 Å². The summed E-state index contributed by atoms with van der Waals surface area (Å²) in [4.78, 5) is 12.6. The second-order valence-corrected chi connectivity index (χ2v) is 10.8. The zero-order valence-electron chi connectivity index (χ0n) is 16.3. The van der Waals surface area contributed by atoms with Crippen molar-refractivity contribution in [2.75, 3.05) is 18.4 Å². The topological polar surface area (TPSA) is 92.3 Å². The third-order valence-corrected chi connectivity index (χ3v) is 8.44. The maximum absolute atomic E-state index is 12.7. The smallest absolute Gasteiger partial charge is 0.243 e. The molecule has 1 aromatic carbocycles. The van der Waals surface area contributed by atoms with E-state index < -0.39 is 10.0 Å². The van der Waals surface area contributed by atoms with Crippen LogP contribution in [0.1, 0.15) is 31.2 Å². The lowest BCUT2D eigenvalue weighted by atomic mass is 10.1. The highest BCUT2D eigenvalue weighted by atomic mass is 32.2. The first-order valence-electron chi connectivity index (χ1n) is 9.77. The van der Waals surface area contributed by atoms with Crippen LogP contribution in [0, 0.1) is 0 Å². The summed E-state index contributed by atoms with van der Waals surface area (Å²) >= 11 is 2.92. The number of nitrogens with zero attached hydrogens (tertiary/aromatic N) is 3. The number of rotatable bonds is 7. The van der Waals surface area contributed by atoms with Crippen molar-refractivity contribution >= 4 is 43.7 Å². The maximum atomic E-state index is 12.7. The van der Waals surface area contributed by atoms with Gasteiger partial charge in [0.15, 0.2) is 0 Å². The Labute approximate surface area is 183 Å². The molecule has 2 aromatic heterocycles. The largest absolute Gasteiger partial charge is 0.301 e. The number of carbonyl (C=O) groups is 1. The normalized spacial score (nSPS) is 15.2. The van der Waals surface area contributed by atoms with Gasteiger partial charge in [-0.3, -0.25) is 4.79 Å². The molecule has 1 fully saturated rings. The number of aromatic nitrogens is 2. The van der Waals surface area contributed by atoms with Gasteiger partial charge in [0.1, 0.15) is 5.01 Å². The number of aryl methyl sites for hydroxylation is 1. The molecule has 0 aliphatic carbocycles. The first-order valence-corrected chi connectivity index (χ1v) is 13.0. The molecule has 0 atom stereocenters. The number of amides is 1. The summed E-state index contributed by atoms with van der Waals surface area (Å²) < 4.78 is 27.0. The van der Waals surface area contributed by atoms with Gasteiger partial charge in [-0.05, 0) is 48.4 Å². The maximum Gasteiger partial charge on any atom is 0.243 e. The van der Waals surface area contributed by atoms with Crippen molar-refractivity contribution in [2.24, 2.45) is 0 Å². The van der Waals surface area contributed by atoms with E-state index in [1.807, 2.05) is 16.8 Å². The molecule has 30 heavy (non-hydrogen) atoms.